The van der Waals surface area contributed by atoms with Gasteiger partial charge in [0.15, 0.2) is 0 Å². The van der Waals surface area contributed by atoms with Crippen LogP contribution in [0.25, 0.3) is 0 Å². The standard InChI is InChI=1S/C11H21ClS/c1-2-13-9-5-3-4-6-11(12)10-7-8-10/h10-11H,2-9H2,1H3. The van der Waals surface area contributed by atoms with E-state index in [1.807, 2.05) is 0 Å². The van der Waals surface area contributed by atoms with Crippen LogP contribution in [0.2, 0.25) is 0 Å². The first-order valence-corrected chi connectivity index (χ1v) is 7.15. The van der Waals surface area contributed by atoms with Crippen LogP contribution in [0.1, 0.15) is 45.4 Å². The highest BCUT2D eigenvalue weighted by molar-refractivity contribution is 7.99. The number of rotatable bonds is 8. The van der Waals surface area contributed by atoms with E-state index in [0.29, 0.717) is 5.38 Å². The molecule has 78 valence electrons. The highest BCUT2D eigenvalue weighted by Gasteiger charge is 2.28. The molecule has 0 radical (unpaired) electrons. The van der Waals surface area contributed by atoms with E-state index in [0.717, 1.165) is 5.92 Å². The first-order chi connectivity index (χ1) is 6.34. The third-order valence-electron chi connectivity index (χ3n) is 2.61. The minimum atomic E-state index is 0.499. The van der Waals surface area contributed by atoms with Crippen LogP contribution >= 0.6 is 23.4 Å². The maximum Gasteiger partial charge on any atom is 0.0364 e. The van der Waals surface area contributed by atoms with Crippen molar-refractivity contribution < 1.29 is 0 Å². The van der Waals surface area contributed by atoms with Gasteiger partial charge in [-0.25, -0.2) is 0 Å². The van der Waals surface area contributed by atoms with Crippen molar-refractivity contribution in [3.8, 4) is 0 Å². The second kappa shape index (κ2) is 7.00. The molecule has 1 rings (SSSR count). The van der Waals surface area contributed by atoms with Crippen molar-refractivity contribution in [1.82, 2.24) is 0 Å². The monoisotopic (exact) mass is 220 g/mol. The van der Waals surface area contributed by atoms with Gasteiger partial charge in [0.05, 0.1) is 0 Å². The average Bonchev–Trinajstić information content (AvgIpc) is 2.93. The second-order valence-electron chi connectivity index (χ2n) is 3.90. The smallest absolute Gasteiger partial charge is 0.0364 e. The number of hydrogen-bond acceptors (Lipinski definition) is 1. The zero-order valence-electron chi connectivity index (χ0n) is 8.60. The molecule has 0 bridgehead atoms. The predicted molar refractivity (Wildman–Crippen MR) is 63.8 cm³/mol. The molecule has 0 aromatic carbocycles. The van der Waals surface area contributed by atoms with E-state index in [1.54, 1.807) is 0 Å². The van der Waals surface area contributed by atoms with Gasteiger partial charge in [-0.2, -0.15) is 11.8 Å². The lowest BCUT2D eigenvalue weighted by molar-refractivity contribution is 0.606. The normalized spacial score (nSPS) is 18.9. The summed E-state index contributed by atoms with van der Waals surface area (Å²) < 4.78 is 0. The van der Waals surface area contributed by atoms with E-state index in [4.69, 9.17) is 11.6 Å². The summed E-state index contributed by atoms with van der Waals surface area (Å²) in [6, 6.07) is 0. The Morgan fingerprint density at radius 2 is 2.08 bits per heavy atom. The maximum atomic E-state index is 6.21. The molecule has 0 N–H and O–H groups in total. The lowest BCUT2D eigenvalue weighted by atomic mass is 10.1. The summed E-state index contributed by atoms with van der Waals surface area (Å²) in [4.78, 5) is 0. The van der Waals surface area contributed by atoms with Crippen LogP contribution in [0, 0.1) is 5.92 Å². The van der Waals surface area contributed by atoms with E-state index in [1.165, 1.54) is 50.0 Å². The average molecular weight is 221 g/mol. The number of alkyl halides is 1. The molecule has 13 heavy (non-hydrogen) atoms. The van der Waals surface area contributed by atoms with Crippen molar-refractivity contribution in [2.75, 3.05) is 11.5 Å². The van der Waals surface area contributed by atoms with Crippen LogP contribution in [-0.4, -0.2) is 16.9 Å². The van der Waals surface area contributed by atoms with Crippen molar-refractivity contribution in [3.05, 3.63) is 0 Å². The van der Waals surface area contributed by atoms with Gasteiger partial charge in [-0.1, -0.05) is 19.8 Å². The summed E-state index contributed by atoms with van der Waals surface area (Å²) in [6.07, 6.45) is 8.13. The molecule has 0 saturated heterocycles. The second-order valence-corrected chi connectivity index (χ2v) is 5.85. The molecular formula is C11H21ClS. The largest absolute Gasteiger partial charge is 0.162 e. The third-order valence-corrected chi connectivity index (χ3v) is 4.17. The Morgan fingerprint density at radius 1 is 1.31 bits per heavy atom. The molecule has 1 aliphatic carbocycles. The first kappa shape index (κ1) is 11.7. The molecule has 0 heterocycles. The molecule has 0 amide bonds. The highest BCUT2D eigenvalue weighted by atomic mass is 35.5. The maximum absolute atomic E-state index is 6.21. The van der Waals surface area contributed by atoms with Crippen LogP contribution in [0.15, 0.2) is 0 Å². The molecule has 1 fully saturated rings. The van der Waals surface area contributed by atoms with Gasteiger partial charge in [0.25, 0.3) is 0 Å². The fraction of sp³-hybridized carbons (Fsp3) is 1.00. The number of hydrogen-bond donors (Lipinski definition) is 0. The van der Waals surface area contributed by atoms with Crippen LogP contribution in [-0.2, 0) is 0 Å². The van der Waals surface area contributed by atoms with Gasteiger partial charge in [-0.05, 0) is 43.1 Å². The quantitative estimate of drug-likeness (QED) is 0.434. The van der Waals surface area contributed by atoms with Gasteiger partial charge in [-0.3, -0.25) is 0 Å². The number of halogens is 1. The van der Waals surface area contributed by atoms with E-state index in [-0.39, 0.29) is 0 Å². The Morgan fingerprint density at radius 3 is 2.69 bits per heavy atom. The molecule has 0 aromatic rings. The van der Waals surface area contributed by atoms with Crippen molar-refractivity contribution >= 4 is 23.4 Å². The topological polar surface area (TPSA) is 0 Å². The molecule has 0 spiro atoms. The van der Waals surface area contributed by atoms with Gasteiger partial charge < -0.3 is 0 Å². The Hall–Kier alpha value is 0.640. The van der Waals surface area contributed by atoms with Crippen LogP contribution in [0.3, 0.4) is 0 Å². The first-order valence-electron chi connectivity index (χ1n) is 5.56. The minimum Gasteiger partial charge on any atom is -0.162 e. The lowest BCUT2D eigenvalue weighted by Crippen LogP contribution is -2.00. The fourth-order valence-corrected chi connectivity index (χ4v) is 2.66. The van der Waals surface area contributed by atoms with Gasteiger partial charge >= 0.3 is 0 Å². The zero-order chi connectivity index (χ0) is 9.52. The van der Waals surface area contributed by atoms with Gasteiger partial charge in [0, 0.05) is 5.38 Å². The molecule has 1 atom stereocenters. The SMILES string of the molecule is CCSCCCCCC(Cl)C1CC1. The van der Waals surface area contributed by atoms with Crippen molar-refractivity contribution in [1.29, 1.82) is 0 Å². The van der Waals surface area contributed by atoms with Crippen molar-refractivity contribution in [3.63, 3.8) is 0 Å². The van der Waals surface area contributed by atoms with E-state index in [9.17, 15) is 0 Å². The van der Waals surface area contributed by atoms with E-state index < -0.39 is 0 Å². The lowest BCUT2D eigenvalue weighted by Gasteiger charge is -2.06. The van der Waals surface area contributed by atoms with Crippen LogP contribution in [0.4, 0.5) is 0 Å². The third kappa shape index (κ3) is 5.85. The van der Waals surface area contributed by atoms with Gasteiger partial charge in [0.1, 0.15) is 0 Å². The summed E-state index contributed by atoms with van der Waals surface area (Å²) in [7, 11) is 0. The Labute approximate surface area is 91.8 Å². The highest BCUT2D eigenvalue weighted by Crippen LogP contribution is 2.37. The summed E-state index contributed by atoms with van der Waals surface area (Å²) in [5, 5.41) is 0.499. The van der Waals surface area contributed by atoms with E-state index in [2.05, 4.69) is 18.7 Å². The molecule has 0 aromatic heterocycles. The number of thioether (sulfide) groups is 1. The Kier molecular flexibility index (Phi) is 6.31. The van der Waals surface area contributed by atoms with Crippen molar-refractivity contribution in [2.45, 2.75) is 50.8 Å². The summed E-state index contributed by atoms with van der Waals surface area (Å²) in [5.41, 5.74) is 0. The Balaban J connectivity index is 1.77. The summed E-state index contributed by atoms with van der Waals surface area (Å²) >= 11 is 8.27. The number of unbranched alkanes of at least 4 members (excludes halogenated alkanes) is 2. The summed E-state index contributed by atoms with van der Waals surface area (Å²) in [5.74, 6) is 3.49. The molecule has 1 aliphatic rings. The Bertz CT molecular complexity index is 123. The van der Waals surface area contributed by atoms with E-state index >= 15 is 0 Å². The minimum absolute atomic E-state index is 0.499. The molecule has 0 nitrogen and oxygen atoms in total. The van der Waals surface area contributed by atoms with Crippen LogP contribution < -0.4 is 0 Å². The van der Waals surface area contributed by atoms with Gasteiger partial charge in [-0.15, -0.1) is 11.6 Å². The van der Waals surface area contributed by atoms with Crippen molar-refractivity contribution in [2.24, 2.45) is 5.92 Å². The summed E-state index contributed by atoms with van der Waals surface area (Å²) in [6.45, 7) is 2.23. The predicted octanol–water partition coefficient (Wildman–Crippen LogP) is 4.32. The molecule has 2 heteroatoms. The zero-order valence-corrected chi connectivity index (χ0v) is 10.2. The van der Waals surface area contributed by atoms with Gasteiger partial charge in [0.2, 0.25) is 0 Å². The molecular weight excluding hydrogens is 200 g/mol. The molecule has 0 aliphatic heterocycles. The molecule has 1 saturated carbocycles. The fourth-order valence-electron chi connectivity index (χ4n) is 1.56. The van der Waals surface area contributed by atoms with Crippen LogP contribution in [0.5, 0.6) is 0 Å². The molecule has 1 unspecified atom stereocenters.